The molecule has 7 nitrogen and oxygen atoms in total. The molecule has 0 aliphatic rings. The predicted octanol–water partition coefficient (Wildman–Crippen LogP) is 6.05. The number of hydrogen-bond acceptors (Lipinski definition) is 4. The maximum atomic E-state index is 14.2. The Morgan fingerprint density at radius 3 is 2.22 bits per heavy atom. The Labute approximate surface area is 253 Å². The third-order valence-electron chi connectivity index (χ3n) is 6.68. The number of nitrogens with one attached hydrogen (secondary N) is 1. The van der Waals surface area contributed by atoms with Crippen molar-refractivity contribution in [3.05, 3.63) is 99.5 Å². The largest absolute Gasteiger partial charge is 0.354 e. The fraction of sp³-hybridized carbons (Fsp3) is 0.355. The molecule has 0 saturated heterocycles. The Balaban J connectivity index is 2.11. The summed E-state index contributed by atoms with van der Waals surface area (Å²) in [5, 5.41) is 3.70. The number of rotatable bonds is 13. The van der Waals surface area contributed by atoms with Crippen LogP contribution in [0.3, 0.4) is 0 Å². The topological polar surface area (TPSA) is 86.8 Å². The lowest BCUT2D eigenvalue weighted by Crippen LogP contribution is -2.53. The van der Waals surface area contributed by atoms with Gasteiger partial charge in [-0.05, 0) is 47.2 Å². The van der Waals surface area contributed by atoms with E-state index >= 15 is 0 Å². The average Bonchev–Trinajstić information content (AvgIpc) is 2.93. The zero-order valence-corrected chi connectivity index (χ0v) is 26.1. The SMILES string of the molecule is CCCNC(=O)[C@@H](Cc1ccccc1)N(Cc1ccc(Cl)cc1Cl)C(=O)CN(c1ccccc1C(C)C)S(C)(=O)=O. The van der Waals surface area contributed by atoms with E-state index in [0.717, 1.165) is 21.7 Å². The first-order valence-electron chi connectivity index (χ1n) is 13.5. The minimum Gasteiger partial charge on any atom is -0.354 e. The van der Waals surface area contributed by atoms with Crippen molar-refractivity contribution in [1.29, 1.82) is 0 Å². The highest BCUT2D eigenvalue weighted by atomic mass is 35.5. The van der Waals surface area contributed by atoms with Crippen molar-refractivity contribution in [3.63, 3.8) is 0 Å². The molecule has 0 aliphatic heterocycles. The molecule has 2 amide bonds. The molecular formula is C31H37Cl2N3O4S. The van der Waals surface area contributed by atoms with Crippen molar-refractivity contribution >= 4 is 50.7 Å². The molecule has 10 heteroatoms. The summed E-state index contributed by atoms with van der Waals surface area (Å²) in [5.41, 5.74) is 2.66. The molecule has 1 atom stereocenters. The van der Waals surface area contributed by atoms with Gasteiger partial charge in [0.05, 0.1) is 11.9 Å². The predicted molar refractivity (Wildman–Crippen MR) is 167 cm³/mol. The summed E-state index contributed by atoms with van der Waals surface area (Å²) in [7, 11) is -3.87. The molecule has 0 radical (unpaired) electrons. The van der Waals surface area contributed by atoms with E-state index in [0.29, 0.717) is 34.3 Å². The molecule has 3 rings (SSSR count). The van der Waals surface area contributed by atoms with Crippen LogP contribution in [-0.4, -0.2) is 50.5 Å². The fourth-order valence-electron chi connectivity index (χ4n) is 4.55. The molecule has 0 fully saturated rings. The lowest BCUT2D eigenvalue weighted by molar-refractivity contribution is -0.140. The molecule has 3 aromatic rings. The highest BCUT2D eigenvalue weighted by Crippen LogP contribution is 2.30. The third-order valence-corrected chi connectivity index (χ3v) is 8.40. The number of carbonyl (C=O) groups excluding carboxylic acids is 2. The van der Waals surface area contributed by atoms with Gasteiger partial charge in [-0.25, -0.2) is 8.42 Å². The molecule has 0 aromatic heterocycles. The lowest BCUT2D eigenvalue weighted by Gasteiger charge is -2.34. The fourth-order valence-corrected chi connectivity index (χ4v) is 5.89. The van der Waals surface area contributed by atoms with E-state index in [4.69, 9.17) is 23.2 Å². The van der Waals surface area contributed by atoms with Crippen LogP contribution in [-0.2, 0) is 32.6 Å². The van der Waals surface area contributed by atoms with Gasteiger partial charge in [0.25, 0.3) is 0 Å². The highest BCUT2D eigenvalue weighted by Gasteiger charge is 2.33. The molecule has 0 bridgehead atoms. The number of amides is 2. The van der Waals surface area contributed by atoms with E-state index in [1.165, 1.54) is 4.90 Å². The van der Waals surface area contributed by atoms with Gasteiger partial charge in [0.15, 0.2) is 0 Å². The summed E-state index contributed by atoms with van der Waals surface area (Å²) in [4.78, 5) is 29.2. The van der Waals surface area contributed by atoms with E-state index in [1.54, 1.807) is 30.3 Å². The van der Waals surface area contributed by atoms with Crippen molar-refractivity contribution in [2.45, 2.75) is 52.1 Å². The highest BCUT2D eigenvalue weighted by molar-refractivity contribution is 7.92. The normalized spacial score (nSPS) is 12.2. The monoisotopic (exact) mass is 617 g/mol. The van der Waals surface area contributed by atoms with E-state index in [-0.39, 0.29) is 24.8 Å². The van der Waals surface area contributed by atoms with Crippen LogP contribution in [0.1, 0.15) is 49.8 Å². The van der Waals surface area contributed by atoms with Crippen molar-refractivity contribution in [2.75, 3.05) is 23.7 Å². The Morgan fingerprint density at radius 1 is 0.951 bits per heavy atom. The van der Waals surface area contributed by atoms with Crippen molar-refractivity contribution in [2.24, 2.45) is 0 Å². The second kappa shape index (κ2) is 14.7. The van der Waals surface area contributed by atoms with Crippen molar-refractivity contribution in [1.82, 2.24) is 10.2 Å². The molecule has 0 spiro atoms. The number of anilines is 1. The van der Waals surface area contributed by atoms with Crippen LogP contribution in [0.4, 0.5) is 5.69 Å². The van der Waals surface area contributed by atoms with Crippen LogP contribution in [0.15, 0.2) is 72.8 Å². The van der Waals surface area contributed by atoms with Crippen LogP contribution < -0.4 is 9.62 Å². The summed E-state index contributed by atoms with van der Waals surface area (Å²) < 4.78 is 27.3. The maximum absolute atomic E-state index is 14.2. The molecule has 0 aliphatic carbocycles. The third kappa shape index (κ3) is 8.96. The van der Waals surface area contributed by atoms with Gasteiger partial charge in [0.1, 0.15) is 12.6 Å². The van der Waals surface area contributed by atoms with Gasteiger partial charge in [-0.2, -0.15) is 0 Å². The summed E-state index contributed by atoms with van der Waals surface area (Å²) in [6.07, 6.45) is 2.02. The molecule has 0 saturated carbocycles. The average molecular weight is 619 g/mol. The van der Waals surface area contributed by atoms with Gasteiger partial charge in [0, 0.05) is 29.6 Å². The number of hydrogen-bond donors (Lipinski definition) is 1. The summed E-state index contributed by atoms with van der Waals surface area (Å²) in [6, 6.07) is 20.5. The van der Waals surface area contributed by atoms with Crippen LogP contribution in [0.5, 0.6) is 0 Å². The van der Waals surface area contributed by atoms with Gasteiger partial charge >= 0.3 is 0 Å². The number of benzene rings is 3. The van der Waals surface area contributed by atoms with Crippen molar-refractivity contribution < 1.29 is 18.0 Å². The van der Waals surface area contributed by atoms with Gasteiger partial charge in [-0.1, -0.05) is 98.6 Å². The summed E-state index contributed by atoms with van der Waals surface area (Å²) in [5.74, 6) is -0.851. The second-order valence-corrected chi connectivity index (χ2v) is 13.0. The number of para-hydroxylation sites is 1. The standard InChI is InChI=1S/C31H37Cl2N3O4S/c1-5-17-34-31(38)29(18-23-11-7-6-8-12-23)35(20-24-15-16-25(32)19-27(24)33)30(37)21-36(41(4,39)40)28-14-10-9-13-26(28)22(2)3/h6-16,19,22,29H,5,17-18,20-21H2,1-4H3,(H,34,38)/t29-/m1/s1. The Hall–Kier alpha value is -3.07. The molecule has 0 heterocycles. The molecule has 3 aromatic carbocycles. The first-order valence-corrected chi connectivity index (χ1v) is 16.1. The van der Waals surface area contributed by atoms with E-state index in [1.807, 2.05) is 63.2 Å². The lowest BCUT2D eigenvalue weighted by atomic mass is 10.0. The number of halogens is 2. The minimum absolute atomic E-state index is 0.0141. The molecule has 41 heavy (non-hydrogen) atoms. The molecule has 0 unspecified atom stereocenters. The van der Waals surface area contributed by atoms with Gasteiger partial charge in [-0.3, -0.25) is 13.9 Å². The van der Waals surface area contributed by atoms with E-state index in [2.05, 4.69) is 5.32 Å². The molecule has 220 valence electrons. The second-order valence-electron chi connectivity index (χ2n) is 10.2. The van der Waals surface area contributed by atoms with E-state index in [9.17, 15) is 18.0 Å². The van der Waals surface area contributed by atoms with Gasteiger partial charge in [-0.15, -0.1) is 0 Å². The minimum atomic E-state index is -3.87. The quantitative estimate of drug-likeness (QED) is 0.253. The maximum Gasteiger partial charge on any atom is 0.244 e. The van der Waals surface area contributed by atoms with Gasteiger partial charge in [0.2, 0.25) is 21.8 Å². The van der Waals surface area contributed by atoms with Crippen molar-refractivity contribution in [3.8, 4) is 0 Å². The number of sulfonamides is 1. The smallest absolute Gasteiger partial charge is 0.244 e. The first kappa shape index (κ1) is 32.4. The van der Waals surface area contributed by atoms with Crippen LogP contribution in [0, 0.1) is 0 Å². The Bertz CT molecular complexity index is 1450. The summed E-state index contributed by atoms with van der Waals surface area (Å²) in [6.45, 7) is 5.80. The van der Waals surface area contributed by atoms with Crippen LogP contribution in [0.25, 0.3) is 0 Å². The summed E-state index contributed by atoms with van der Waals surface area (Å²) >= 11 is 12.6. The van der Waals surface area contributed by atoms with Crippen LogP contribution >= 0.6 is 23.2 Å². The number of carbonyl (C=O) groups is 2. The first-order chi connectivity index (χ1) is 19.4. The zero-order valence-electron chi connectivity index (χ0n) is 23.8. The molecule has 1 N–H and O–H groups in total. The van der Waals surface area contributed by atoms with E-state index < -0.39 is 28.5 Å². The van der Waals surface area contributed by atoms with Gasteiger partial charge < -0.3 is 10.2 Å². The number of nitrogens with zero attached hydrogens (tertiary/aromatic N) is 2. The zero-order chi connectivity index (χ0) is 30.2. The van der Waals surface area contributed by atoms with Crippen LogP contribution in [0.2, 0.25) is 10.0 Å². The Kier molecular flexibility index (Phi) is 11.6. The Morgan fingerprint density at radius 2 is 1.61 bits per heavy atom. The molecular weight excluding hydrogens is 581 g/mol.